The zero-order valence-electron chi connectivity index (χ0n) is 16.5. The highest BCUT2D eigenvalue weighted by Gasteiger charge is 2.22. The first kappa shape index (κ1) is 21.1. The Morgan fingerprint density at radius 2 is 1.67 bits per heavy atom. The van der Waals surface area contributed by atoms with Gasteiger partial charge in [0.05, 0.1) is 18.2 Å². The van der Waals surface area contributed by atoms with Gasteiger partial charge in [-0.3, -0.25) is 13.9 Å². The predicted octanol–water partition coefficient (Wildman–Crippen LogP) is 3.25. The molecule has 9 heteroatoms. The number of nitrogens with zero attached hydrogens (tertiary/aromatic N) is 1. The van der Waals surface area contributed by atoms with Gasteiger partial charge in [0.1, 0.15) is 6.54 Å². The van der Waals surface area contributed by atoms with Gasteiger partial charge in [0, 0.05) is 11.4 Å². The summed E-state index contributed by atoms with van der Waals surface area (Å²) in [4.78, 5) is 24.6. The van der Waals surface area contributed by atoms with E-state index in [1.54, 1.807) is 61.5 Å². The summed E-state index contributed by atoms with van der Waals surface area (Å²) in [6.45, 7) is 1.39. The molecule has 0 aliphatic carbocycles. The summed E-state index contributed by atoms with van der Waals surface area (Å²) in [6.07, 6.45) is 2.45. The Bertz CT molecular complexity index is 1160. The highest BCUT2D eigenvalue weighted by Crippen LogP contribution is 2.22. The first-order valence-electron chi connectivity index (χ1n) is 9.02. The molecule has 0 fully saturated rings. The average molecular weight is 427 g/mol. The number of hydrogen-bond acceptors (Lipinski definition) is 5. The molecule has 0 spiro atoms. The molecule has 0 radical (unpaired) electrons. The van der Waals surface area contributed by atoms with Gasteiger partial charge in [-0.15, -0.1) is 0 Å². The van der Waals surface area contributed by atoms with Crippen molar-refractivity contribution in [1.29, 1.82) is 0 Å². The van der Waals surface area contributed by atoms with Gasteiger partial charge in [0.2, 0.25) is 15.9 Å². The molecular weight excluding hydrogens is 406 g/mol. The Hall–Kier alpha value is -3.59. The van der Waals surface area contributed by atoms with E-state index in [2.05, 4.69) is 10.6 Å². The van der Waals surface area contributed by atoms with Crippen molar-refractivity contribution in [2.75, 3.05) is 27.7 Å². The van der Waals surface area contributed by atoms with Crippen LogP contribution in [0.4, 0.5) is 17.1 Å². The molecule has 30 heavy (non-hydrogen) atoms. The van der Waals surface area contributed by atoms with Crippen LogP contribution in [-0.4, -0.2) is 33.0 Å². The molecule has 1 aromatic heterocycles. The van der Waals surface area contributed by atoms with E-state index in [1.807, 2.05) is 0 Å². The molecular formula is C21H21N3O5S. The Labute approximate surface area is 174 Å². The Morgan fingerprint density at radius 3 is 2.30 bits per heavy atom. The van der Waals surface area contributed by atoms with Crippen molar-refractivity contribution in [3.8, 4) is 0 Å². The quantitative estimate of drug-likeness (QED) is 0.602. The normalized spacial score (nSPS) is 11.0. The molecule has 0 aliphatic rings. The van der Waals surface area contributed by atoms with Crippen molar-refractivity contribution in [3.63, 3.8) is 0 Å². The van der Waals surface area contributed by atoms with Gasteiger partial charge in [-0.25, -0.2) is 8.42 Å². The summed E-state index contributed by atoms with van der Waals surface area (Å²) >= 11 is 0. The predicted molar refractivity (Wildman–Crippen MR) is 115 cm³/mol. The van der Waals surface area contributed by atoms with Crippen molar-refractivity contribution in [2.45, 2.75) is 6.92 Å². The van der Waals surface area contributed by atoms with Crippen LogP contribution in [0, 0.1) is 6.92 Å². The second-order valence-corrected chi connectivity index (χ2v) is 8.52. The number of aryl methyl sites for hydroxylation is 1. The number of furan rings is 1. The highest BCUT2D eigenvalue weighted by molar-refractivity contribution is 7.92. The maximum atomic E-state index is 12.6. The van der Waals surface area contributed by atoms with Gasteiger partial charge in [-0.2, -0.15) is 0 Å². The molecule has 3 aromatic rings. The highest BCUT2D eigenvalue weighted by atomic mass is 32.2. The lowest BCUT2D eigenvalue weighted by Crippen LogP contribution is -2.37. The topological polar surface area (TPSA) is 109 Å². The number of carbonyl (C=O) groups excluding carboxylic acids is 2. The van der Waals surface area contributed by atoms with Crippen LogP contribution in [0.5, 0.6) is 0 Å². The fourth-order valence-corrected chi connectivity index (χ4v) is 3.74. The summed E-state index contributed by atoms with van der Waals surface area (Å²) in [6, 6.07) is 16.6. The fraction of sp³-hybridized carbons (Fsp3) is 0.143. The minimum absolute atomic E-state index is 0.159. The number of benzene rings is 2. The lowest BCUT2D eigenvalue weighted by molar-refractivity contribution is -0.114. The monoisotopic (exact) mass is 427 g/mol. The standard InChI is InChI=1S/C21H21N3O5S/c1-15-7-3-4-10-18(15)24(30(2,27)28)14-20(25)22-16-8-5-9-17(13-16)23-21(26)19-11-6-12-29-19/h3-13H,14H2,1-2H3,(H,22,25)(H,23,26). The van der Waals surface area contributed by atoms with Crippen molar-refractivity contribution in [3.05, 3.63) is 78.3 Å². The van der Waals surface area contributed by atoms with Crippen LogP contribution in [0.3, 0.4) is 0 Å². The first-order chi connectivity index (χ1) is 14.2. The molecule has 0 aliphatic heterocycles. The van der Waals surface area contributed by atoms with Crippen LogP contribution in [0.1, 0.15) is 16.1 Å². The second kappa shape index (κ2) is 8.83. The third-order valence-electron chi connectivity index (χ3n) is 4.22. The van der Waals surface area contributed by atoms with Gasteiger partial charge >= 0.3 is 0 Å². The van der Waals surface area contributed by atoms with E-state index in [0.29, 0.717) is 17.1 Å². The zero-order valence-corrected chi connectivity index (χ0v) is 17.3. The lowest BCUT2D eigenvalue weighted by atomic mass is 10.2. The number of carbonyl (C=O) groups is 2. The van der Waals surface area contributed by atoms with Crippen LogP contribution in [0.15, 0.2) is 71.3 Å². The number of amides is 2. The minimum Gasteiger partial charge on any atom is -0.459 e. The molecule has 0 unspecified atom stereocenters. The number of sulfonamides is 1. The third-order valence-corrected chi connectivity index (χ3v) is 5.35. The maximum Gasteiger partial charge on any atom is 0.291 e. The number of hydrogen-bond donors (Lipinski definition) is 2. The molecule has 2 amide bonds. The Morgan fingerprint density at radius 1 is 0.967 bits per heavy atom. The number of nitrogens with one attached hydrogen (secondary N) is 2. The van der Waals surface area contributed by atoms with Crippen LogP contribution in [0.25, 0.3) is 0 Å². The smallest absolute Gasteiger partial charge is 0.291 e. The van der Waals surface area contributed by atoms with Gasteiger partial charge < -0.3 is 15.1 Å². The van der Waals surface area contributed by atoms with E-state index in [-0.39, 0.29) is 12.3 Å². The second-order valence-electron chi connectivity index (χ2n) is 6.62. The summed E-state index contributed by atoms with van der Waals surface area (Å²) in [7, 11) is -3.67. The lowest BCUT2D eigenvalue weighted by Gasteiger charge is -2.23. The third kappa shape index (κ3) is 5.26. The zero-order chi connectivity index (χ0) is 21.7. The molecule has 0 bridgehead atoms. The van der Waals surface area contributed by atoms with Crippen LogP contribution in [0.2, 0.25) is 0 Å². The molecule has 0 saturated heterocycles. The molecule has 1 heterocycles. The van der Waals surface area contributed by atoms with Gasteiger partial charge in [0.25, 0.3) is 5.91 Å². The first-order valence-corrected chi connectivity index (χ1v) is 10.9. The summed E-state index contributed by atoms with van der Waals surface area (Å²) in [5.41, 5.74) is 2.04. The molecule has 156 valence electrons. The summed E-state index contributed by atoms with van der Waals surface area (Å²) in [5.74, 6) is -0.782. The molecule has 2 aromatic carbocycles. The molecule has 2 N–H and O–H groups in total. The molecule has 8 nitrogen and oxygen atoms in total. The van der Waals surface area contributed by atoms with Crippen molar-refractivity contribution >= 4 is 38.9 Å². The summed E-state index contributed by atoms with van der Waals surface area (Å²) < 4.78 is 30.6. The van der Waals surface area contributed by atoms with Crippen molar-refractivity contribution in [1.82, 2.24) is 0 Å². The largest absolute Gasteiger partial charge is 0.459 e. The van der Waals surface area contributed by atoms with Gasteiger partial charge in [-0.1, -0.05) is 24.3 Å². The summed E-state index contributed by atoms with van der Waals surface area (Å²) in [5, 5.41) is 5.33. The average Bonchev–Trinajstić information content (AvgIpc) is 3.21. The van der Waals surface area contributed by atoms with E-state index < -0.39 is 21.8 Å². The maximum absolute atomic E-state index is 12.6. The van der Waals surface area contributed by atoms with Crippen molar-refractivity contribution in [2.24, 2.45) is 0 Å². The van der Waals surface area contributed by atoms with E-state index in [9.17, 15) is 18.0 Å². The molecule has 3 rings (SSSR count). The fourth-order valence-electron chi connectivity index (χ4n) is 2.83. The Kier molecular flexibility index (Phi) is 6.22. The number of anilines is 3. The number of rotatable bonds is 7. The Balaban J connectivity index is 1.72. The van der Waals surface area contributed by atoms with E-state index >= 15 is 0 Å². The van der Waals surface area contributed by atoms with Crippen LogP contribution >= 0.6 is 0 Å². The van der Waals surface area contributed by atoms with E-state index in [4.69, 9.17) is 4.42 Å². The van der Waals surface area contributed by atoms with E-state index in [0.717, 1.165) is 16.1 Å². The van der Waals surface area contributed by atoms with Crippen LogP contribution in [-0.2, 0) is 14.8 Å². The minimum atomic E-state index is -3.67. The van der Waals surface area contributed by atoms with Gasteiger partial charge in [0.15, 0.2) is 5.76 Å². The van der Waals surface area contributed by atoms with E-state index in [1.165, 1.54) is 12.3 Å². The molecule has 0 atom stereocenters. The van der Waals surface area contributed by atoms with Gasteiger partial charge in [-0.05, 0) is 48.9 Å². The SMILES string of the molecule is Cc1ccccc1N(CC(=O)Nc1cccc(NC(=O)c2ccco2)c1)S(C)(=O)=O. The van der Waals surface area contributed by atoms with Crippen LogP contribution < -0.4 is 14.9 Å². The van der Waals surface area contributed by atoms with Crippen molar-refractivity contribution < 1.29 is 22.4 Å². The number of para-hydroxylation sites is 1. The molecule has 0 saturated carbocycles.